The van der Waals surface area contributed by atoms with Crippen LogP contribution in [-0.4, -0.2) is 37.1 Å². The van der Waals surface area contributed by atoms with Gasteiger partial charge in [0.2, 0.25) is 0 Å². The standard InChI is InChI=1S/C20H18ClN3OS/c1-24(2)10-9-22-20-19-17(13-5-3-4-6-15(13)23-20)18(25)14-11-12(21)7-8-16(14)26-19/h3-8,11H,9-10H2,1-2H3,(H,22,23). The van der Waals surface area contributed by atoms with Crippen molar-refractivity contribution in [1.82, 2.24) is 9.88 Å². The molecular formula is C20H18ClN3OS. The molecular weight excluding hydrogens is 366 g/mol. The van der Waals surface area contributed by atoms with Crippen molar-refractivity contribution in [1.29, 1.82) is 0 Å². The van der Waals surface area contributed by atoms with Crippen LogP contribution in [0.3, 0.4) is 0 Å². The van der Waals surface area contributed by atoms with Gasteiger partial charge in [0.1, 0.15) is 5.82 Å². The molecule has 4 nitrogen and oxygen atoms in total. The van der Waals surface area contributed by atoms with Crippen LogP contribution in [0.25, 0.3) is 31.1 Å². The monoisotopic (exact) mass is 383 g/mol. The molecule has 2 aromatic carbocycles. The maximum atomic E-state index is 13.3. The van der Waals surface area contributed by atoms with Gasteiger partial charge in [0.15, 0.2) is 5.43 Å². The molecule has 6 heteroatoms. The molecule has 4 aromatic rings. The van der Waals surface area contributed by atoms with Crippen molar-refractivity contribution in [2.24, 2.45) is 0 Å². The number of fused-ring (bicyclic) bond motifs is 4. The number of para-hydroxylation sites is 1. The van der Waals surface area contributed by atoms with Crippen molar-refractivity contribution < 1.29 is 0 Å². The molecule has 1 N–H and O–H groups in total. The first-order valence-corrected chi connectivity index (χ1v) is 9.57. The predicted molar refractivity (Wildman–Crippen MR) is 113 cm³/mol. The molecule has 0 amide bonds. The molecule has 132 valence electrons. The van der Waals surface area contributed by atoms with E-state index in [0.717, 1.165) is 39.2 Å². The maximum absolute atomic E-state index is 13.3. The molecule has 26 heavy (non-hydrogen) atoms. The number of halogens is 1. The molecule has 0 saturated heterocycles. The largest absolute Gasteiger partial charge is 0.368 e. The number of likely N-dealkylation sites (N-methyl/N-ethyl adjacent to an activating group) is 1. The minimum atomic E-state index is 0.00510. The van der Waals surface area contributed by atoms with E-state index < -0.39 is 0 Å². The van der Waals surface area contributed by atoms with Gasteiger partial charge in [0.05, 0.1) is 15.6 Å². The summed E-state index contributed by atoms with van der Waals surface area (Å²) >= 11 is 7.70. The number of hydrogen-bond donors (Lipinski definition) is 1. The molecule has 2 aromatic heterocycles. The molecule has 0 aliphatic rings. The summed E-state index contributed by atoms with van der Waals surface area (Å²) in [5.41, 5.74) is 0.823. The van der Waals surface area contributed by atoms with Crippen molar-refractivity contribution >= 4 is 59.8 Å². The lowest BCUT2D eigenvalue weighted by molar-refractivity contribution is 0.425. The third-order valence-electron chi connectivity index (χ3n) is 4.32. The lowest BCUT2D eigenvalue weighted by Crippen LogP contribution is -2.21. The molecule has 0 aliphatic heterocycles. The molecule has 4 rings (SSSR count). The van der Waals surface area contributed by atoms with Crippen LogP contribution in [0.4, 0.5) is 5.82 Å². The number of benzene rings is 2. The quantitative estimate of drug-likeness (QED) is 0.413. The SMILES string of the molecule is CN(C)CCNc1nc2ccccc2c2c(=O)c3cc(Cl)ccc3sc12. The minimum absolute atomic E-state index is 0.00510. The molecule has 0 spiro atoms. The number of anilines is 1. The lowest BCUT2D eigenvalue weighted by atomic mass is 10.1. The average molecular weight is 384 g/mol. The summed E-state index contributed by atoms with van der Waals surface area (Å²) in [6.45, 7) is 1.64. The van der Waals surface area contributed by atoms with Gasteiger partial charge in [0, 0.05) is 33.6 Å². The molecule has 0 bridgehead atoms. The Morgan fingerprint density at radius 1 is 1.15 bits per heavy atom. The number of pyridine rings is 1. The third kappa shape index (κ3) is 3.03. The van der Waals surface area contributed by atoms with Crippen molar-refractivity contribution in [3.05, 3.63) is 57.7 Å². The number of rotatable bonds is 4. The molecule has 0 fully saturated rings. The summed E-state index contributed by atoms with van der Waals surface area (Å²) in [5.74, 6) is 0.763. The van der Waals surface area contributed by atoms with Gasteiger partial charge >= 0.3 is 0 Å². The Labute approximate surface area is 160 Å². The zero-order valence-electron chi connectivity index (χ0n) is 14.5. The van der Waals surface area contributed by atoms with Crippen LogP contribution in [0.2, 0.25) is 5.02 Å². The van der Waals surface area contributed by atoms with Crippen molar-refractivity contribution in [2.45, 2.75) is 0 Å². The first-order chi connectivity index (χ1) is 12.5. The molecule has 0 unspecified atom stereocenters. The number of hydrogen-bond acceptors (Lipinski definition) is 5. The fourth-order valence-corrected chi connectivity index (χ4v) is 4.36. The summed E-state index contributed by atoms with van der Waals surface area (Å²) in [4.78, 5) is 20.2. The predicted octanol–water partition coefficient (Wildman–Crippen LogP) is 4.59. The normalized spacial score (nSPS) is 11.7. The third-order valence-corrected chi connectivity index (χ3v) is 5.74. The number of aromatic nitrogens is 1. The Morgan fingerprint density at radius 2 is 1.96 bits per heavy atom. The van der Waals surface area contributed by atoms with E-state index in [1.165, 1.54) is 0 Å². The highest BCUT2D eigenvalue weighted by atomic mass is 35.5. The van der Waals surface area contributed by atoms with E-state index in [9.17, 15) is 4.79 Å². The van der Waals surface area contributed by atoms with E-state index in [1.807, 2.05) is 50.5 Å². The fraction of sp³-hybridized carbons (Fsp3) is 0.200. The fourth-order valence-electron chi connectivity index (χ4n) is 3.05. The lowest BCUT2D eigenvalue weighted by Gasteiger charge is -2.14. The van der Waals surface area contributed by atoms with Crippen LogP contribution in [-0.2, 0) is 0 Å². The Morgan fingerprint density at radius 3 is 2.77 bits per heavy atom. The van der Waals surface area contributed by atoms with Crippen LogP contribution in [0, 0.1) is 0 Å². The minimum Gasteiger partial charge on any atom is -0.368 e. The average Bonchev–Trinajstić information content (AvgIpc) is 2.62. The zero-order valence-corrected chi connectivity index (χ0v) is 16.1. The summed E-state index contributed by atoms with van der Waals surface area (Å²) in [5, 5.41) is 6.23. The Balaban J connectivity index is 2.05. The Kier molecular flexibility index (Phi) is 4.53. The summed E-state index contributed by atoms with van der Waals surface area (Å²) in [6.07, 6.45) is 0. The van der Waals surface area contributed by atoms with Crippen molar-refractivity contribution in [3.63, 3.8) is 0 Å². The van der Waals surface area contributed by atoms with Gasteiger partial charge < -0.3 is 10.2 Å². The maximum Gasteiger partial charge on any atom is 0.196 e. The highest BCUT2D eigenvalue weighted by molar-refractivity contribution is 7.25. The van der Waals surface area contributed by atoms with E-state index in [4.69, 9.17) is 16.6 Å². The first-order valence-electron chi connectivity index (χ1n) is 8.38. The van der Waals surface area contributed by atoms with Crippen LogP contribution in [0.5, 0.6) is 0 Å². The van der Waals surface area contributed by atoms with Gasteiger partial charge in [-0.15, -0.1) is 11.3 Å². The highest BCUT2D eigenvalue weighted by Gasteiger charge is 2.15. The highest BCUT2D eigenvalue weighted by Crippen LogP contribution is 2.34. The number of nitrogens with one attached hydrogen (secondary N) is 1. The van der Waals surface area contributed by atoms with Gasteiger partial charge in [-0.05, 0) is 38.4 Å². The number of nitrogens with zero attached hydrogens (tertiary/aromatic N) is 2. The second-order valence-electron chi connectivity index (χ2n) is 6.48. The van der Waals surface area contributed by atoms with Crippen molar-refractivity contribution in [3.8, 4) is 0 Å². The molecule has 0 atom stereocenters. The summed E-state index contributed by atoms with van der Waals surface area (Å²) < 4.78 is 1.81. The second-order valence-corrected chi connectivity index (χ2v) is 7.97. The molecule has 2 heterocycles. The Hall–Kier alpha value is -2.21. The van der Waals surface area contributed by atoms with Gasteiger partial charge in [-0.2, -0.15) is 0 Å². The van der Waals surface area contributed by atoms with E-state index in [2.05, 4.69) is 10.2 Å². The summed E-state index contributed by atoms with van der Waals surface area (Å²) in [6, 6.07) is 13.3. The van der Waals surface area contributed by atoms with E-state index in [1.54, 1.807) is 17.4 Å². The zero-order chi connectivity index (χ0) is 18.3. The van der Waals surface area contributed by atoms with Gasteiger partial charge in [0.25, 0.3) is 0 Å². The van der Waals surface area contributed by atoms with Gasteiger partial charge in [-0.1, -0.05) is 29.8 Å². The summed E-state index contributed by atoms with van der Waals surface area (Å²) in [7, 11) is 4.06. The van der Waals surface area contributed by atoms with Crippen LogP contribution in [0.1, 0.15) is 0 Å². The topological polar surface area (TPSA) is 45.2 Å². The second kappa shape index (κ2) is 6.83. The van der Waals surface area contributed by atoms with E-state index in [-0.39, 0.29) is 5.43 Å². The van der Waals surface area contributed by atoms with Crippen LogP contribution >= 0.6 is 22.9 Å². The van der Waals surface area contributed by atoms with Crippen LogP contribution in [0.15, 0.2) is 47.3 Å². The van der Waals surface area contributed by atoms with E-state index >= 15 is 0 Å². The smallest absolute Gasteiger partial charge is 0.196 e. The van der Waals surface area contributed by atoms with E-state index in [0.29, 0.717) is 15.8 Å². The van der Waals surface area contributed by atoms with Gasteiger partial charge in [-0.3, -0.25) is 4.79 Å². The molecule has 0 saturated carbocycles. The first kappa shape index (κ1) is 17.2. The van der Waals surface area contributed by atoms with Crippen LogP contribution < -0.4 is 10.7 Å². The van der Waals surface area contributed by atoms with Crippen molar-refractivity contribution in [2.75, 3.05) is 32.5 Å². The molecule has 0 aliphatic carbocycles. The molecule has 0 radical (unpaired) electrons. The Bertz CT molecular complexity index is 1190. The van der Waals surface area contributed by atoms with Gasteiger partial charge in [-0.25, -0.2) is 4.98 Å².